The van der Waals surface area contributed by atoms with Crippen LogP contribution < -0.4 is 10.6 Å². The highest BCUT2D eigenvalue weighted by molar-refractivity contribution is 5.92. The van der Waals surface area contributed by atoms with Crippen molar-refractivity contribution in [2.45, 2.75) is 70.9 Å². The van der Waals surface area contributed by atoms with E-state index in [0.717, 1.165) is 28.3 Å². The quantitative estimate of drug-likeness (QED) is 0.133. The van der Waals surface area contributed by atoms with Crippen LogP contribution >= 0.6 is 0 Å². The van der Waals surface area contributed by atoms with Gasteiger partial charge in [0.1, 0.15) is 6.61 Å². The fourth-order valence-corrected chi connectivity index (χ4v) is 5.59. The van der Waals surface area contributed by atoms with E-state index in [1.165, 1.54) is 6.08 Å². The van der Waals surface area contributed by atoms with E-state index in [0.29, 0.717) is 6.42 Å². The number of hydrogen-bond acceptors (Lipinski definition) is 8. The second kappa shape index (κ2) is 17.6. The van der Waals surface area contributed by atoms with Gasteiger partial charge in [-0.1, -0.05) is 74.9 Å². The molecule has 12 heteroatoms. The van der Waals surface area contributed by atoms with Crippen LogP contribution in [0.5, 0.6) is 0 Å². The highest BCUT2D eigenvalue weighted by atomic mass is 16.5. The number of carbonyl (C=O) groups is 6. The molecule has 47 heavy (non-hydrogen) atoms. The number of nitrogens with one attached hydrogen (secondary N) is 2. The number of Topliss-reactive ketones (excluding diaryl/α,β-unsaturated/α-hetero) is 1. The minimum absolute atomic E-state index is 0.0120. The van der Waals surface area contributed by atoms with E-state index in [1.807, 2.05) is 55.5 Å². The standard InChI is InChI=1S/C35H42N2O10/c1-4-21(3)27(34(44)36-22(18-32(41)42)14-17-33(43)46-5-2)19-30(38)29(15-16-31(39)40)37-35(45)47-20-28-25-12-8-6-10-23(25)24-11-7-9-13-26(24)28/h6-14,17,21-22,27-29H,4-5,15-16,18-20H2,1-3H3,(H,36,44)(H,37,45)(H,39,40)(H,41,42)/b17-14+/t21?,22-,27+,29+/m1/s1. The van der Waals surface area contributed by atoms with Gasteiger partial charge in [0, 0.05) is 30.8 Å². The van der Waals surface area contributed by atoms with Crippen molar-refractivity contribution < 1.29 is 48.5 Å². The number of ether oxygens (including phenoxy) is 2. The molecule has 12 nitrogen and oxygen atoms in total. The van der Waals surface area contributed by atoms with Gasteiger partial charge in [0.05, 0.1) is 25.1 Å². The second-order valence-corrected chi connectivity index (χ2v) is 11.4. The maximum absolute atomic E-state index is 13.6. The Morgan fingerprint density at radius 1 is 0.851 bits per heavy atom. The molecule has 2 aromatic carbocycles. The summed E-state index contributed by atoms with van der Waals surface area (Å²) in [4.78, 5) is 74.5. The molecule has 0 bridgehead atoms. The average Bonchev–Trinajstić information content (AvgIpc) is 3.36. The fourth-order valence-electron chi connectivity index (χ4n) is 5.59. The van der Waals surface area contributed by atoms with E-state index < -0.39 is 66.5 Å². The van der Waals surface area contributed by atoms with Crippen LogP contribution in [0.3, 0.4) is 0 Å². The largest absolute Gasteiger partial charge is 0.481 e. The van der Waals surface area contributed by atoms with Gasteiger partial charge in [-0.3, -0.25) is 19.2 Å². The Balaban J connectivity index is 1.72. The molecule has 0 spiro atoms. The topological polar surface area (TPSA) is 185 Å². The molecule has 1 aliphatic rings. The molecule has 0 saturated heterocycles. The Labute approximate surface area is 273 Å². The summed E-state index contributed by atoms with van der Waals surface area (Å²) < 4.78 is 10.4. The maximum atomic E-state index is 13.6. The first-order valence-electron chi connectivity index (χ1n) is 15.7. The van der Waals surface area contributed by atoms with Crippen molar-refractivity contribution in [2.75, 3.05) is 13.2 Å². The van der Waals surface area contributed by atoms with Crippen molar-refractivity contribution in [2.24, 2.45) is 11.8 Å². The lowest BCUT2D eigenvalue weighted by atomic mass is 9.84. The summed E-state index contributed by atoms with van der Waals surface area (Å²) in [7, 11) is 0. The Morgan fingerprint density at radius 3 is 2.02 bits per heavy atom. The van der Waals surface area contributed by atoms with Gasteiger partial charge in [-0.2, -0.15) is 0 Å². The van der Waals surface area contributed by atoms with E-state index in [1.54, 1.807) is 13.8 Å². The molecule has 3 rings (SSSR count). The summed E-state index contributed by atoms with van der Waals surface area (Å²) in [6, 6.07) is 13.3. The van der Waals surface area contributed by atoms with Crippen molar-refractivity contribution in [3.63, 3.8) is 0 Å². The van der Waals surface area contributed by atoms with Gasteiger partial charge in [-0.15, -0.1) is 0 Å². The van der Waals surface area contributed by atoms with Crippen molar-refractivity contribution in [1.82, 2.24) is 10.6 Å². The zero-order valence-electron chi connectivity index (χ0n) is 26.8. The van der Waals surface area contributed by atoms with Gasteiger partial charge in [0.2, 0.25) is 5.91 Å². The molecule has 0 saturated carbocycles. The third-order valence-corrected chi connectivity index (χ3v) is 8.23. The Kier molecular flexibility index (Phi) is 13.7. The molecule has 4 N–H and O–H groups in total. The zero-order valence-corrected chi connectivity index (χ0v) is 26.8. The van der Waals surface area contributed by atoms with Crippen molar-refractivity contribution in [3.8, 4) is 11.1 Å². The third-order valence-electron chi connectivity index (χ3n) is 8.23. The van der Waals surface area contributed by atoms with Crippen LogP contribution in [0.2, 0.25) is 0 Å². The summed E-state index contributed by atoms with van der Waals surface area (Å²) in [5.41, 5.74) is 4.09. The first-order valence-corrected chi connectivity index (χ1v) is 15.7. The highest BCUT2D eigenvalue weighted by Gasteiger charge is 2.33. The number of carboxylic acids is 2. The predicted molar refractivity (Wildman–Crippen MR) is 171 cm³/mol. The number of aliphatic carboxylic acids is 2. The molecule has 0 aromatic heterocycles. The predicted octanol–water partition coefficient (Wildman–Crippen LogP) is 4.46. The van der Waals surface area contributed by atoms with E-state index in [9.17, 15) is 39.0 Å². The number of carboxylic acid groups (broad SMARTS) is 2. The molecule has 0 heterocycles. The number of rotatable bonds is 18. The number of benzene rings is 2. The molecule has 2 amide bonds. The molecule has 1 aliphatic carbocycles. The minimum atomic E-state index is -1.25. The van der Waals surface area contributed by atoms with E-state index >= 15 is 0 Å². The number of carbonyl (C=O) groups excluding carboxylic acids is 4. The normalized spacial score (nSPS) is 14.6. The van der Waals surface area contributed by atoms with Crippen molar-refractivity contribution in [1.29, 1.82) is 0 Å². The maximum Gasteiger partial charge on any atom is 0.407 e. The summed E-state index contributed by atoms with van der Waals surface area (Å²) in [6.07, 6.45) is 0.327. The molecule has 0 aliphatic heterocycles. The average molecular weight is 651 g/mol. The third kappa shape index (κ3) is 10.5. The Morgan fingerprint density at radius 2 is 1.47 bits per heavy atom. The van der Waals surface area contributed by atoms with Crippen LogP contribution in [-0.2, 0) is 33.4 Å². The molecule has 4 atom stereocenters. The van der Waals surface area contributed by atoms with E-state index in [4.69, 9.17) is 9.47 Å². The van der Waals surface area contributed by atoms with Crippen LogP contribution in [0, 0.1) is 11.8 Å². The lowest BCUT2D eigenvalue weighted by Crippen LogP contribution is -2.46. The zero-order chi connectivity index (χ0) is 34.5. The summed E-state index contributed by atoms with van der Waals surface area (Å²) in [5, 5.41) is 23.7. The lowest BCUT2D eigenvalue weighted by Gasteiger charge is -2.26. The summed E-state index contributed by atoms with van der Waals surface area (Å²) >= 11 is 0. The van der Waals surface area contributed by atoms with Gasteiger partial charge >= 0.3 is 24.0 Å². The molecule has 0 fully saturated rings. The van der Waals surface area contributed by atoms with Crippen LogP contribution in [-0.4, -0.2) is 71.2 Å². The Hall–Kier alpha value is -5.00. The number of alkyl carbamates (subject to hydrolysis) is 1. The van der Waals surface area contributed by atoms with Gasteiger partial charge < -0.3 is 30.3 Å². The van der Waals surface area contributed by atoms with Crippen LogP contribution in [0.4, 0.5) is 4.79 Å². The SMILES string of the molecule is CCOC(=O)/C=C/[C@H](CC(=O)O)NC(=O)[C@@H](CC(=O)[C@H](CCC(=O)O)NC(=O)OCC1c2ccccc2-c2ccccc21)C(C)CC. The van der Waals surface area contributed by atoms with Crippen LogP contribution in [0.25, 0.3) is 11.1 Å². The second-order valence-electron chi connectivity index (χ2n) is 11.4. The van der Waals surface area contributed by atoms with Gasteiger partial charge in [-0.25, -0.2) is 9.59 Å². The molecule has 252 valence electrons. The molecule has 1 unspecified atom stereocenters. The van der Waals surface area contributed by atoms with Crippen molar-refractivity contribution >= 4 is 35.7 Å². The first-order chi connectivity index (χ1) is 22.4. The fraction of sp³-hybridized carbons (Fsp3) is 0.429. The highest BCUT2D eigenvalue weighted by Crippen LogP contribution is 2.44. The number of esters is 1. The number of hydrogen-bond donors (Lipinski definition) is 4. The molecular weight excluding hydrogens is 608 g/mol. The lowest BCUT2D eigenvalue weighted by molar-refractivity contribution is -0.139. The Bertz CT molecular complexity index is 1440. The molecule has 0 radical (unpaired) electrons. The van der Waals surface area contributed by atoms with Gasteiger partial charge in [0.15, 0.2) is 5.78 Å². The van der Waals surface area contributed by atoms with E-state index in [2.05, 4.69) is 10.6 Å². The molecule has 2 aromatic rings. The van der Waals surface area contributed by atoms with Gasteiger partial charge in [-0.05, 0) is 41.5 Å². The number of ketones is 1. The van der Waals surface area contributed by atoms with Crippen LogP contribution in [0.15, 0.2) is 60.7 Å². The number of fused-ring (bicyclic) bond motifs is 3. The monoisotopic (exact) mass is 650 g/mol. The van der Waals surface area contributed by atoms with Gasteiger partial charge in [0.25, 0.3) is 0 Å². The summed E-state index contributed by atoms with van der Waals surface area (Å²) in [6.45, 7) is 5.29. The summed E-state index contributed by atoms with van der Waals surface area (Å²) in [5.74, 6) is -5.78. The minimum Gasteiger partial charge on any atom is -0.481 e. The number of amides is 2. The first kappa shape index (κ1) is 36.5. The van der Waals surface area contributed by atoms with Crippen molar-refractivity contribution in [3.05, 3.63) is 71.8 Å². The van der Waals surface area contributed by atoms with E-state index in [-0.39, 0.29) is 37.9 Å². The van der Waals surface area contributed by atoms with Crippen LogP contribution in [0.1, 0.15) is 69.9 Å². The smallest absolute Gasteiger partial charge is 0.407 e. The molecular formula is C35H42N2O10.